The van der Waals surface area contributed by atoms with Crippen LogP contribution in [0.15, 0.2) is 29.0 Å². The molecule has 3 nitrogen and oxygen atoms in total. The highest BCUT2D eigenvalue weighted by atomic mass is 79.9. The summed E-state index contributed by atoms with van der Waals surface area (Å²) in [4.78, 5) is 6.99. The predicted molar refractivity (Wildman–Crippen MR) is 72.0 cm³/mol. The molecule has 0 amide bonds. The van der Waals surface area contributed by atoms with E-state index in [2.05, 4.69) is 42.5 Å². The van der Waals surface area contributed by atoms with Crippen LogP contribution < -0.4 is 0 Å². The molecule has 0 N–H and O–H groups in total. The van der Waals surface area contributed by atoms with E-state index in [1.165, 1.54) is 38.0 Å². The third kappa shape index (κ3) is 2.24. The van der Waals surface area contributed by atoms with Crippen LogP contribution >= 0.6 is 15.9 Å². The molecule has 90 valence electrons. The molecular formula is C13H16BrN3. The molecule has 1 fully saturated rings. The number of imidazole rings is 1. The number of rotatable bonds is 2. The Bertz CT molecular complexity index is 514. The summed E-state index contributed by atoms with van der Waals surface area (Å²) < 4.78 is 3.24. The van der Waals surface area contributed by atoms with Gasteiger partial charge in [0.25, 0.3) is 0 Å². The molecule has 17 heavy (non-hydrogen) atoms. The standard InChI is InChI=1S/C13H16BrN3/c14-12-5-4-8-17-11(9-15-13(12)17)10-16-6-2-1-3-7-16/h4-5,8-9H,1-3,6-7,10H2. The number of pyridine rings is 1. The second kappa shape index (κ2) is 4.78. The van der Waals surface area contributed by atoms with Gasteiger partial charge >= 0.3 is 0 Å². The van der Waals surface area contributed by atoms with Crippen molar-refractivity contribution >= 4 is 21.6 Å². The van der Waals surface area contributed by atoms with Gasteiger partial charge in [0.05, 0.1) is 16.4 Å². The normalized spacial score (nSPS) is 17.7. The topological polar surface area (TPSA) is 20.5 Å². The number of likely N-dealkylation sites (tertiary alicyclic amines) is 1. The molecule has 3 rings (SSSR count). The van der Waals surface area contributed by atoms with Crippen molar-refractivity contribution in [3.63, 3.8) is 0 Å². The minimum atomic E-state index is 1.01. The van der Waals surface area contributed by atoms with Gasteiger partial charge < -0.3 is 4.40 Å². The molecule has 3 heterocycles. The molecule has 0 saturated carbocycles. The van der Waals surface area contributed by atoms with Crippen molar-refractivity contribution in [3.8, 4) is 0 Å². The van der Waals surface area contributed by atoms with Gasteiger partial charge in [-0.15, -0.1) is 0 Å². The Hall–Kier alpha value is -0.870. The highest BCUT2D eigenvalue weighted by molar-refractivity contribution is 9.10. The molecule has 0 atom stereocenters. The van der Waals surface area contributed by atoms with E-state index in [1.54, 1.807) is 0 Å². The fourth-order valence-electron chi connectivity index (χ4n) is 2.49. The van der Waals surface area contributed by atoms with Crippen molar-refractivity contribution in [2.45, 2.75) is 25.8 Å². The second-order valence-electron chi connectivity index (χ2n) is 4.64. The lowest BCUT2D eigenvalue weighted by Gasteiger charge is -2.25. The summed E-state index contributed by atoms with van der Waals surface area (Å²) in [6.07, 6.45) is 8.14. The minimum absolute atomic E-state index is 1.01. The highest BCUT2D eigenvalue weighted by Crippen LogP contribution is 2.19. The van der Waals surface area contributed by atoms with Gasteiger partial charge in [-0.05, 0) is 54.0 Å². The van der Waals surface area contributed by atoms with E-state index in [0.717, 1.165) is 16.7 Å². The molecule has 0 bridgehead atoms. The van der Waals surface area contributed by atoms with Gasteiger partial charge in [-0.1, -0.05) is 6.42 Å². The first-order valence-corrected chi connectivity index (χ1v) is 6.97. The van der Waals surface area contributed by atoms with Crippen molar-refractivity contribution in [1.82, 2.24) is 14.3 Å². The summed E-state index contributed by atoms with van der Waals surface area (Å²) in [7, 11) is 0. The van der Waals surface area contributed by atoms with Gasteiger partial charge in [-0.3, -0.25) is 4.90 Å². The van der Waals surface area contributed by atoms with Crippen LogP contribution in [0, 0.1) is 0 Å². The van der Waals surface area contributed by atoms with Crippen LogP contribution in [0.4, 0.5) is 0 Å². The number of hydrogen-bond donors (Lipinski definition) is 0. The van der Waals surface area contributed by atoms with Gasteiger partial charge in [0.1, 0.15) is 0 Å². The molecule has 0 aromatic carbocycles. The highest BCUT2D eigenvalue weighted by Gasteiger charge is 2.13. The zero-order valence-electron chi connectivity index (χ0n) is 9.77. The maximum absolute atomic E-state index is 4.47. The quantitative estimate of drug-likeness (QED) is 0.848. The number of hydrogen-bond acceptors (Lipinski definition) is 2. The summed E-state index contributed by atoms with van der Waals surface area (Å²) in [5.74, 6) is 0. The Morgan fingerprint density at radius 1 is 1.24 bits per heavy atom. The van der Waals surface area contributed by atoms with E-state index in [4.69, 9.17) is 0 Å². The van der Waals surface area contributed by atoms with E-state index < -0.39 is 0 Å². The maximum Gasteiger partial charge on any atom is 0.151 e. The largest absolute Gasteiger partial charge is 0.302 e. The molecule has 0 unspecified atom stereocenters. The van der Waals surface area contributed by atoms with Gasteiger partial charge in [-0.25, -0.2) is 4.98 Å². The number of fused-ring (bicyclic) bond motifs is 1. The van der Waals surface area contributed by atoms with Crippen LogP contribution in [0.5, 0.6) is 0 Å². The summed E-state index contributed by atoms with van der Waals surface area (Å²) in [6.45, 7) is 3.46. The fraction of sp³-hybridized carbons (Fsp3) is 0.462. The van der Waals surface area contributed by atoms with Gasteiger partial charge in [0.2, 0.25) is 0 Å². The summed E-state index contributed by atoms with van der Waals surface area (Å²) in [6, 6.07) is 4.09. The van der Waals surface area contributed by atoms with Gasteiger partial charge in [-0.2, -0.15) is 0 Å². The van der Waals surface area contributed by atoms with Crippen LogP contribution in [-0.4, -0.2) is 27.4 Å². The number of nitrogens with zero attached hydrogens (tertiary/aromatic N) is 3. The third-order valence-electron chi connectivity index (χ3n) is 3.40. The number of piperidine rings is 1. The third-order valence-corrected chi connectivity index (χ3v) is 4.02. The van der Waals surface area contributed by atoms with Crippen molar-refractivity contribution in [1.29, 1.82) is 0 Å². The smallest absolute Gasteiger partial charge is 0.151 e. The Kier molecular flexibility index (Phi) is 3.16. The molecular weight excluding hydrogens is 278 g/mol. The average Bonchev–Trinajstić information content (AvgIpc) is 2.76. The SMILES string of the molecule is Brc1cccn2c(CN3CCCCC3)cnc12. The first kappa shape index (κ1) is 11.2. The van der Waals surface area contributed by atoms with Crippen molar-refractivity contribution in [2.24, 2.45) is 0 Å². The van der Waals surface area contributed by atoms with Crippen molar-refractivity contribution in [2.75, 3.05) is 13.1 Å². The lowest BCUT2D eigenvalue weighted by Crippen LogP contribution is -2.29. The molecule has 0 spiro atoms. The van der Waals surface area contributed by atoms with E-state index in [0.29, 0.717) is 0 Å². The predicted octanol–water partition coefficient (Wildman–Crippen LogP) is 3.08. The second-order valence-corrected chi connectivity index (χ2v) is 5.49. The maximum atomic E-state index is 4.47. The average molecular weight is 294 g/mol. The van der Waals surface area contributed by atoms with Crippen LogP contribution in [0.25, 0.3) is 5.65 Å². The molecule has 2 aromatic rings. The Labute approximate surface area is 110 Å². The number of halogens is 1. The zero-order valence-corrected chi connectivity index (χ0v) is 11.4. The van der Waals surface area contributed by atoms with E-state index in [9.17, 15) is 0 Å². The molecule has 1 aliphatic rings. The fourth-order valence-corrected chi connectivity index (χ4v) is 2.94. The monoisotopic (exact) mass is 293 g/mol. The number of aromatic nitrogens is 2. The Morgan fingerprint density at radius 3 is 2.88 bits per heavy atom. The van der Waals surface area contributed by atoms with Crippen LogP contribution in [0.1, 0.15) is 25.0 Å². The summed E-state index contributed by atoms with van der Waals surface area (Å²) >= 11 is 3.54. The van der Waals surface area contributed by atoms with E-state index >= 15 is 0 Å². The molecule has 0 radical (unpaired) electrons. The van der Waals surface area contributed by atoms with Crippen LogP contribution in [0.3, 0.4) is 0 Å². The molecule has 1 saturated heterocycles. The lowest BCUT2D eigenvalue weighted by atomic mass is 10.1. The molecule has 2 aromatic heterocycles. The minimum Gasteiger partial charge on any atom is -0.302 e. The van der Waals surface area contributed by atoms with E-state index in [-0.39, 0.29) is 0 Å². The van der Waals surface area contributed by atoms with Gasteiger partial charge in [0, 0.05) is 12.7 Å². The van der Waals surface area contributed by atoms with E-state index in [1.807, 2.05) is 12.3 Å². The Balaban J connectivity index is 1.87. The van der Waals surface area contributed by atoms with Crippen LogP contribution in [-0.2, 0) is 6.54 Å². The first-order chi connectivity index (χ1) is 8.34. The summed E-state index contributed by atoms with van der Waals surface area (Å²) in [5, 5.41) is 0. The van der Waals surface area contributed by atoms with Crippen molar-refractivity contribution in [3.05, 3.63) is 34.7 Å². The molecule has 4 heteroatoms. The van der Waals surface area contributed by atoms with Crippen molar-refractivity contribution < 1.29 is 0 Å². The molecule has 0 aliphatic carbocycles. The molecule has 1 aliphatic heterocycles. The Morgan fingerprint density at radius 2 is 2.06 bits per heavy atom. The zero-order chi connectivity index (χ0) is 11.7. The van der Waals surface area contributed by atoms with Crippen LogP contribution in [0.2, 0.25) is 0 Å². The summed E-state index contributed by atoms with van der Waals surface area (Å²) in [5.41, 5.74) is 2.29. The first-order valence-electron chi connectivity index (χ1n) is 6.17. The lowest BCUT2D eigenvalue weighted by molar-refractivity contribution is 0.218. The van der Waals surface area contributed by atoms with Gasteiger partial charge in [0.15, 0.2) is 5.65 Å².